The van der Waals surface area contributed by atoms with Crippen molar-refractivity contribution in [3.05, 3.63) is 0 Å². The highest BCUT2D eigenvalue weighted by Gasteiger charge is 2.24. The van der Waals surface area contributed by atoms with Crippen molar-refractivity contribution in [3.8, 4) is 0 Å². The predicted molar refractivity (Wildman–Crippen MR) is 58.1 cm³/mol. The Balaban J connectivity index is 2.37. The van der Waals surface area contributed by atoms with Crippen LogP contribution in [0.15, 0.2) is 4.99 Å². The van der Waals surface area contributed by atoms with Gasteiger partial charge in [0.05, 0.1) is 12.5 Å². The van der Waals surface area contributed by atoms with E-state index in [1.54, 1.807) is 0 Å². The molecule has 1 unspecified atom stereocenters. The number of rotatable bonds is 4. The molecule has 0 aromatic heterocycles. The first-order chi connectivity index (χ1) is 6.87. The van der Waals surface area contributed by atoms with E-state index in [1.807, 2.05) is 0 Å². The molecule has 1 aliphatic rings. The van der Waals surface area contributed by atoms with Crippen LogP contribution < -0.4 is 0 Å². The quantitative estimate of drug-likeness (QED) is 0.777. The number of carboxylic acid groups (broad SMARTS) is 1. The molecule has 1 atom stereocenters. The summed E-state index contributed by atoms with van der Waals surface area (Å²) >= 11 is 0. The molecule has 0 fully saturated rings. The Morgan fingerprint density at radius 3 is 2.80 bits per heavy atom. The smallest absolute Gasteiger partial charge is 0.303 e. The molecule has 0 aromatic rings. The maximum atomic E-state index is 10.4. The lowest BCUT2D eigenvalue weighted by atomic mass is 9.89. The van der Waals surface area contributed by atoms with Crippen LogP contribution in [0.2, 0.25) is 0 Å². The molecule has 1 N–H and O–H groups in total. The average molecular weight is 213 g/mol. The normalized spacial score (nSPS) is 21.0. The van der Waals surface area contributed by atoms with Gasteiger partial charge in [-0.3, -0.25) is 4.79 Å². The van der Waals surface area contributed by atoms with Crippen molar-refractivity contribution in [2.45, 2.75) is 46.1 Å². The predicted octanol–water partition coefficient (Wildman–Crippen LogP) is 2.08. The average Bonchev–Trinajstić information content (AvgIpc) is 2.45. The van der Waals surface area contributed by atoms with Gasteiger partial charge >= 0.3 is 5.97 Å². The second-order valence-electron chi connectivity index (χ2n) is 5.15. The van der Waals surface area contributed by atoms with Crippen molar-refractivity contribution in [1.29, 1.82) is 0 Å². The third kappa shape index (κ3) is 4.81. The van der Waals surface area contributed by atoms with E-state index in [1.165, 1.54) is 0 Å². The van der Waals surface area contributed by atoms with Gasteiger partial charge in [0.15, 0.2) is 5.90 Å². The SMILES string of the molecule is CC(C)(C)CC1COC(CCC(=O)O)=N1. The van der Waals surface area contributed by atoms with Crippen molar-refractivity contribution in [1.82, 2.24) is 0 Å². The zero-order chi connectivity index (χ0) is 11.5. The molecule has 1 heterocycles. The number of carboxylic acids is 1. The minimum atomic E-state index is -0.805. The lowest BCUT2D eigenvalue weighted by Crippen LogP contribution is -2.17. The van der Waals surface area contributed by atoms with E-state index < -0.39 is 5.97 Å². The van der Waals surface area contributed by atoms with Gasteiger partial charge in [0.2, 0.25) is 0 Å². The van der Waals surface area contributed by atoms with Crippen LogP contribution in [-0.2, 0) is 9.53 Å². The van der Waals surface area contributed by atoms with Crippen molar-refractivity contribution in [3.63, 3.8) is 0 Å². The van der Waals surface area contributed by atoms with Gasteiger partial charge in [-0.1, -0.05) is 20.8 Å². The number of carbonyl (C=O) groups is 1. The molecule has 0 bridgehead atoms. The molecule has 86 valence electrons. The molecule has 1 rings (SSSR count). The molecule has 0 saturated heterocycles. The van der Waals surface area contributed by atoms with Gasteiger partial charge in [0.25, 0.3) is 0 Å². The van der Waals surface area contributed by atoms with Gasteiger partial charge in [-0.2, -0.15) is 0 Å². The Bertz CT molecular complexity index is 265. The van der Waals surface area contributed by atoms with Crippen LogP contribution in [0, 0.1) is 5.41 Å². The fraction of sp³-hybridized carbons (Fsp3) is 0.818. The topological polar surface area (TPSA) is 58.9 Å². The minimum Gasteiger partial charge on any atom is -0.481 e. The molecular formula is C11H19NO3. The molecule has 15 heavy (non-hydrogen) atoms. The number of nitrogens with zero attached hydrogens (tertiary/aromatic N) is 1. The molecule has 4 heteroatoms. The summed E-state index contributed by atoms with van der Waals surface area (Å²) in [6, 6.07) is 0.203. The van der Waals surface area contributed by atoms with Crippen molar-refractivity contribution in [2.24, 2.45) is 10.4 Å². The number of aliphatic carboxylic acids is 1. The fourth-order valence-corrected chi connectivity index (χ4v) is 1.63. The molecule has 1 aliphatic heterocycles. The second-order valence-corrected chi connectivity index (χ2v) is 5.15. The van der Waals surface area contributed by atoms with E-state index in [9.17, 15) is 4.79 Å². The minimum absolute atomic E-state index is 0.0983. The van der Waals surface area contributed by atoms with E-state index in [2.05, 4.69) is 25.8 Å². The lowest BCUT2D eigenvalue weighted by Gasteiger charge is -2.19. The summed E-state index contributed by atoms with van der Waals surface area (Å²) < 4.78 is 5.35. The summed E-state index contributed by atoms with van der Waals surface area (Å²) in [5, 5.41) is 8.52. The molecule has 0 spiro atoms. The highest BCUT2D eigenvalue weighted by molar-refractivity contribution is 5.81. The largest absolute Gasteiger partial charge is 0.481 e. The van der Waals surface area contributed by atoms with Crippen LogP contribution in [0.5, 0.6) is 0 Å². The highest BCUT2D eigenvalue weighted by Crippen LogP contribution is 2.25. The Hall–Kier alpha value is -1.06. The van der Waals surface area contributed by atoms with Gasteiger partial charge in [-0.25, -0.2) is 4.99 Å². The zero-order valence-corrected chi connectivity index (χ0v) is 9.62. The summed E-state index contributed by atoms with van der Waals surface area (Å²) in [6.07, 6.45) is 1.49. The number of hydrogen-bond acceptors (Lipinski definition) is 3. The van der Waals surface area contributed by atoms with Gasteiger partial charge in [0.1, 0.15) is 6.61 Å². The van der Waals surface area contributed by atoms with E-state index in [4.69, 9.17) is 9.84 Å². The van der Waals surface area contributed by atoms with Crippen LogP contribution in [0.3, 0.4) is 0 Å². The molecule has 0 saturated carbocycles. The van der Waals surface area contributed by atoms with Crippen LogP contribution in [0.1, 0.15) is 40.0 Å². The maximum Gasteiger partial charge on any atom is 0.303 e. The Labute approximate surface area is 90.3 Å². The Morgan fingerprint density at radius 1 is 1.60 bits per heavy atom. The summed E-state index contributed by atoms with van der Waals surface area (Å²) in [5.41, 5.74) is 0.236. The maximum absolute atomic E-state index is 10.4. The van der Waals surface area contributed by atoms with Gasteiger partial charge < -0.3 is 9.84 Å². The first-order valence-electron chi connectivity index (χ1n) is 5.28. The van der Waals surface area contributed by atoms with Crippen molar-refractivity contribution >= 4 is 11.9 Å². The van der Waals surface area contributed by atoms with E-state index in [0.717, 1.165) is 6.42 Å². The van der Waals surface area contributed by atoms with Gasteiger partial charge in [0, 0.05) is 6.42 Å². The van der Waals surface area contributed by atoms with Gasteiger partial charge in [-0.15, -0.1) is 0 Å². The van der Waals surface area contributed by atoms with Crippen LogP contribution >= 0.6 is 0 Å². The van der Waals surface area contributed by atoms with Crippen LogP contribution in [-0.4, -0.2) is 29.6 Å². The third-order valence-electron chi connectivity index (χ3n) is 2.17. The number of ether oxygens (including phenoxy) is 1. The molecule has 0 aromatic carbocycles. The summed E-state index contributed by atoms with van der Waals surface area (Å²) in [7, 11) is 0. The standard InChI is InChI=1S/C11H19NO3/c1-11(2,3)6-8-7-15-9(12-8)4-5-10(13)14/h8H,4-7H2,1-3H3,(H,13,14). The Morgan fingerprint density at radius 2 is 2.27 bits per heavy atom. The van der Waals surface area contributed by atoms with Crippen molar-refractivity contribution < 1.29 is 14.6 Å². The molecule has 0 aliphatic carbocycles. The number of hydrogen-bond donors (Lipinski definition) is 1. The summed E-state index contributed by atoms with van der Waals surface area (Å²) in [4.78, 5) is 14.7. The van der Waals surface area contributed by atoms with Crippen LogP contribution in [0.4, 0.5) is 0 Å². The highest BCUT2D eigenvalue weighted by atomic mass is 16.5. The first kappa shape index (κ1) is 12.0. The monoisotopic (exact) mass is 213 g/mol. The fourth-order valence-electron chi connectivity index (χ4n) is 1.63. The van der Waals surface area contributed by atoms with Crippen molar-refractivity contribution in [2.75, 3.05) is 6.61 Å². The zero-order valence-electron chi connectivity index (χ0n) is 9.62. The molecule has 0 amide bonds. The van der Waals surface area contributed by atoms with E-state index in [0.29, 0.717) is 18.9 Å². The van der Waals surface area contributed by atoms with Crippen LogP contribution in [0.25, 0.3) is 0 Å². The first-order valence-corrected chi connectivity index (χ1v) is 5.28. The number of aliphatic imine (C=N–C) groups is 1. The molecule has 0 radical (unpaired) electrons. The second kappa shape index (κ2) is 4.64. The summed E-state index contributed by atoms with van der Waals surface area (Å²) in [6.45, 7) is 7.10. The lowest BCUT2D eigenvalue weighted by molar-refractivity contribution is -0.136. The third-order valence-corrected chi connectivity index (χ3v) is 2.17. The summed E-state index contributed by atoms with van der Waals surface area (Å²) in [5.74, 6) is -0.202. The molecule has 4 nitrogen and oxygen atoms in total. The Kier molecular flexibility index (Phi) is 3.72. The molecular weight excluding hydrogens is 194 g/mol. The van der Waals surface area contributed by atoms with E-state index in [-0.39, 0.29) is 17.9 Å². The van der Waals surface area contributed by atoms with Gasteiger partial charge in [-0.05, 0) is 11.8 Å². The van der Waals surface area contributed by atoms with E-state index >= 15 is 0 Å².